The van der Waals surface area contributed by atoms with Gasteiger partial charge in [0.05, 0.1) is 46.5 Å². The van der Waals surface area contributed by atoms with Crippen LogP contribution in [0.15, 0.2) is 48.6 Å². The van der Waals surface area contributed by atoms with Gasteiger partial charge in [-0.05, 0) is 38.8 Å². The maximum absolute atomic E-state index is 14.3. The number of fused-ring (bicyclic) bond motifs is 2. The van der Waals surface area contributed by atoms with Gasteiger partial charge in [0, 0.05) is 11.3 Å². The Kier molecular flexibility index (Phi) is 6.26. The van der Waals surface area contributed by atoms with E-state index in [1.54, 1.807) is 30.0 Å². The third-order valence-electron chi connectivity index (χ3n) is 7.57. The summed E-state index contributed by atoms with van der Waals surface area (Å²) in [7, 11) is 0. The predicted octanol–water partition coefficient (Wildman–Crippen LogP) is 3.20. The maximum Gasteiger partial charge on any atom is 0.311 e. The van der Waals surface area contributed by atoms with E-state index in [1.165, 1.54) is 16.7 Å². The zero-order chi connectivity index (χ0) is 25.0. The molecule has 0 aliphatic carbocycles. The maximum atomic E-state index is 14.3. The summed E-state index contributed by atoms with van der Waals surface area (Å²) in [6.07, 6.45) is 9.39. The molecule has 2 fully saturated rings. The zero-order valence-electron chi connectivity index (χ0n) is 19.7. The van der Waals surface area contributed by atoms with E-state index in [0.717, 1.165) is 12.8 Å². The lowest BCUT2D eigenvalue weighted by atomic mass is 9.74. The van der Waals surface area contributed by atoms with Crippen molar-refractivity contribution in [3.63, 3.8) is 0 Å². The van der Waals surface area contributed by atoms with Crippen LogP contribution in [0.25, 0.3) is 0 Å². The van der Waals surface area contributed by atoms with Crippen molar-refractivity contribution in [2.45, 2.75) is 48.3 Å². The molecule has 186 valence electrons. The lowest BCUT2D eigenvalue weighted by molar-refractivity contribution is -0.154. The number of carbonyl (C=O) groups is 3. The summed E-state index contributed by atoms with van der Waals surface area (Å²) >= 11 is 7.95. The summed E-state index contributed by atoms with van der Waals surface area (Å²) in [6, 6.07) is 5.60. The summed E-state index contributed by atoms with van der Waals surface area (Å²) < 4.78 is 3.90. The van der Waals surface area contributed by atoms with E-state index in [9.17, 15) is 19.5 Å². The minimum absolute atomic E-state index is 0.279. The van der Waals surface area contributed by atoms with Crippen molar-refractivity contribution in [3.8, 4) is 0 Å². The Morgan fingerprint density at radius 2 is 1.94 bits per heavy atom. The Morgan fingerprint density at radius 1 is 1.17 bits per heavy atom. The number of rotatable bonds is 3. The average molecular weight is 517 g/mol. The van der Waals surface area contributed by atoms with Crippen LogP contribution in [0.5, 0.6) is 0 Å². The Balaban J connectivity index is 1.68. The number of hydrogen-bond donors (Lipinski definition) is 1. The fourth-order valence-electron chi connectivity index (χ4n) is 6.02. The average Bonchev–Trinajstić information content (AvgIpc) is 3.19. The molecule has 35 heavy (non-hydrogen) atoms. The van der Waals surface area contributed by atoms with Crippen LogP contribution in [-0.2, 0) is 19.1 Å². The molecule has 4 aliphatic rings. The number of esters is 1. The molecular formula is C26H29ClN2O5S. The first-order valence-corrected chi connectivity index (χ1v) is 13.2. The summed E-state index contributed by atoms with van der Waals surface area (Å²) in [4.78, 5) is 44.8. The molecule has 0 aromatic heterocycles. The lowest BCUT2D eigenvalue weighted by Crippen LogP contribution is -2.56. The molecule has 6 atom stereocenters. The van der Waals surface area contributed by atoms with Gasteiger partial charge in [0.1, 0.15) is 6.04 Å². The molecule has 4 aliphatic heterocycles. The highest BCUT2D eigenvalue weighted by Gasteiger charge is 2.74. The van der Waals surface area contributed by atoms with Crippen LogP contribution in [0.3, 0.4) is 0 Å². The predicted molar refractivity (Wildman–Crippen MR) is 135 cm³/mol. The van der Waals surface area contributed by atoms with Gasteiger partial charge in [0.2, 0.25) is 5.91 Å². The molecule has 5 rings (SSSR count). The molecule has 1 aromatic rings. The molecule has 7 nitrogen and oxygen atoms in total. The molecule has 9 heteroatoms. The van der Waals surface area contributed by atoms with Crippen molar-refractivity contribution < 1.29 is 24.2 Å². The smallest absolute Gasteiger partial charge is 0.311 e. The van der Waals surface area contributed by atoms with Crippen molar-refractivity contribution in [1.82, 2.24) is 4.90 Å². The number of anilines is 1. The number of aliphatic hydroxyl groups excluding tert-OH is 1. The van der Waals surface area contributed by atoms with Crippen molar-refractivity contribution in [3.05, 3.63) is 53.6 Å². The van der Waals surface area contributed by atoms with E-state index in [-0.39, 0.29) is 25.0 Å². The van der Waals surface area contributed by atoms with Crippen LogP contribution >= 0.6 is 23.4 Å². The van der Waals surface area contributed by atoms with E-state index < -0.39 is 39.4 Å². The van der Waals surface area contributed by atoms with Crippen molar-refractivity contribution >= 4 is 46.8 Å². The van der Waals surface area contributed by atoms with E-state index in [4.69, 9.17) is 16.3 Å². The van der Waals surface area contributed by atoms with Gasteiger partial charge in [-0.2, -0.15) is 0 Å². The number of allylic oxidation sites excluding steroid dienone is 1. The number of aliphatic hydroxyl groups is 1. The van der Waals surface area contributed by atoms with E-state index >= 15 is 0 Å². The lowest BCUT2D eigenvalue weighted by Gasteiger charge is -2.39. The number of hydrogen-bond acceptors (Lipinski definition) is 6. The Labute approximate surface area is 214 Å². The molecule has 1 unspecified atom stereocenters. The van der Waals surface area contributed by atoms with Crippen LogP contribution in [0.1, 0.15) is 26.7 Å². The zero-order valence-corrected chi connectivity index (χ0v) is 21.3. The number of benzene rings is 1. The molecule has 1 aromatic carbocycles. The van der Waals surface area contributed by atoms with Gasteiger partial charge in [-0.3, -0.25) is 14.4 Å². The first-order chi connectivity index (χ1) is 16.7. The largest absolute Gasteiger partial charge is 0.465 e. The van der Waals surface area contributed by atoms with E-state index in [1.807, 2.05) is 37.3 Å². The van der Waals surface area contributed by atoms with Crippen LogP contribution in [0, 0.1) is 11.8 Å². The van der Waals surface area contributed by atoms with Gasteiger partial charge in [0.25, 0.3) is 5.91 Å². The van der Waals surface area contributed by atoms with Gasteiger partial charge in [0.15, 0.2) is 0 Å². The van der Waals surface area contributed by atoms with Gasteiger partial charge < -0.3 is 19.6 Å². The third-order valence-corrected chi connectivity index (χ3v) is 9.69. The van der Waals surface area contributed by atoms with Crippen LogP contribution in [-0.4, -0.2) is 69.1 Å². The second kappa shape index (κ2) is 8.98. The minimum Gasteiger partial charge on any atom is -0.465 e. The second-order valence-electron chi connectivity index (χ2n) is 9.79. The highest BCUT2D eigenvalue weighted by molar-refractivity contribution is 8.02. The summed E-state index contributed by atoms with van der Waals surface area (Å²) in [5.41, 5.74) is 0.560. The topological polar surface area (TPSA) is 87.2 Å². The molecule has 2 amide bonds. The van der Waals surface area contributed by atoms with Gasteiger partial charge in [-0.25, -0.2) is 0 Å². The fraction of sp³-hybridized carbons (Fsp3) is 0.500. The summed E-state index contributed by atoms with van der Waals surface area (Å²) in [5.74, 6) is -2.54. The minimum atomic E-state index is -0.990. The standard InChI is InChI=1S/C26H29ClN2O5S/c1-16(15-30)29-21-23(32)28(18-10-5-4-9-17(18)27)13-8-12-26(21)19(22(29)31)20-24(33)34-14-7-3-6-11-25(20,2)35-26/h4-6,8-12,16,19-21,30H,3,7,13-15H2,1-2H3/b11-6-/t16-,19+,20+,21?,25-,26+/m1/s1. The number of carbonyl (C=O) groups excluding carboxylic acids is 3. The Bertz CT molecular complexity index is 1120. The quantitative estimate of drug-likeness (QED) is 0.490. The molecule has 0 saturated carbocycles. The van der Waals surface area contributed by atoms with Gasteiger partial charge in [-0.1, -0.05) is 48.0 Å². The highest BCUT2D eigenvalue weighted by atomic mass is 35.5. The molecular weight excluding hydrogens is 488 g/mol. The van der Waals surface area contributed by atoms with Crippen LogP contribution < -0.4 is 4.90 Å². The number of thioether (sulfide) groups is 1. The molecule has 4 heterocycles. The highest BCUT2D eigenvalue weighted by Crippen LogP contribution is 2.65. The Hall–Kier alpha value is -2.29. The number of cyclic esters (lactones) is 1. The number of halogens is 1. The number of para-hydroxylation sites is 1. The first-order valence-electron chi connectivity index (χ1n) is 12.0. The normalized spacial score (nSPS) is 36.3. The SMILES string of the molecule is C[C@H](CO)N1C(=O)[C@@H]2[C@H]3C(=O)OCCC/C=C\[C@@]3(C)S[C@@]23C=CCN(c2ccccc2Cl)C(=O)C13. The summed E-state index contributed by atoms with van der Waals surface area (Å²) in [6.45, 7) is 3.96. The van der Waals surface area contributed by atoms with E-state index in [2.05, 4.69) is 0 Å². The number of ether oxygens (including phenoxy) is 1. The summed E-state index contributed by atoms with van der Waals surface area (Å²) in [5, 5.41) is 10.5. The van der Waals surface area contributed by atoms with Crippen LogP contribution in [0.4, 0.5) is 5.69 Å². The van der Waals surface area contributed by atoms with Gasteiger partial charge in [-0.15, -0.1) is 11.8 Å². The first kappa shape index (κ1) is 24.4. The van der Waals surface area contributed by atoms with Gasteiger partial charge >= 0.3 is 5.97 Å². The van der Waals surface area contributed by atoms with Crippen LogP contribution in [0.2, 0.25) is 5.02 Å². The Morgan fingerprint density at radius 3 is 2.69 bits per heavy atom. The molecule has 2 saturated heterocycles. The number of likely N-dealkylation sites (tertiary alicyclic amines) is 1. The number of amides is 2. The molecule has 0 radical (unpaired) electrons. The van der Waals surface area contributed by atoms with Crippen molar-refractivity contribution in [2.24, 2.45) is 11.8 Å². The van der Waals surface area contributed by atoms with Crippen molar-refractivity contribution in [2.75, 3.05) is 24.7 Å². The van der Waals surface area contributed by atoms with Crippen molar-refractivity contribution in [1.29, 1.82) is 0 Å². The molecule has 1 spiro atoms. The fourth-order valence-corrected chi connectivity index (χ4v) is 8.40. The number of nitrogens with zero attached hydrogens (tertiary/aromatic N) is 2. The monoisotopic (exact) mass is 516 g/mol. The molecule has 0 bridgehead atoms. The third kappa shape index (κ3) is 3.64. The second-order valence-corrected chi connectivity index (χ2v) is 12.0. The molecule has 1 N–H and O–H groups in total. The van der Waals surface area contributed by atoms with E-state index in [0.29, 0.717) is 17.3 Å².